The van der Waals surface area contributed by atoms with Crippen molar-refractivity contribution >= 4 is 34.5 Å². The minimum absolute atomic E-state index is 0.313. The molecule has 1 rings (SSSR count). The Kier molecular flexibility index (Phi) is 11.7. The molecule has 1 aromatic rings. The molecule has 0 atom stereocenters. The summed E-state index contributed by atoms with van der Waals surface area (Å²) in [7, 11) is 2.49. The van der Waals surface area contributed by atoms with Crippen LogP contribution < -0.4 is 5.46 Å². The molecule has 7 heteroatoms. The van der Waals surface area contributed by atoms with E-state index in [4.69, 9.17) is 14.8 Å². The number of carbonyl (C=O) groups is 1. The van der Waals surface area contributed by atoms with Gasteiger partial charge in [-0.1, -0.05) is 46.8 Å². The molecule has 0 aliphatic heterocycles. The molecule has 0 heterocycles. The van der Waals surface area contributed by atoms with Crippen LogP contribution in [0.3, 0.4) is 0 Å². The predicted molar refractivity (Wildman–Crippen MR) is 98.1 cm³/mol. The van der Waals surface area contributed by atoms with Crippen LogP contribution in [-0.2, 0) is 16.0 Å². The molecule has 0 fully saturated rings. The van der Waals surface area contributed by atoms with Crippen LogP contribution in [0.25, 0.3) is 0 Å². The highest BCUT2D eigenvalue weighted by Crippen LogP contribution is 2.00. The third-order valence-corrected chi connectivity index (χ3v) is 3.18. The minimum atomic E-state index is -1.36. The van der Waals surface area contributed by atoms with Crippen molar-refractivity contribution < 1.29 is 19.6 Å². The molecule has 0 aromatic heterocycles. The first kappa shape index (κ1) is 21.9. The van der Waals surface area contributed by atoms with E-state index in [0.717, 1.165) is 18.3 Å². The third kappa shape index (κ3) is 11.1. The molecule has 0 aliphatic rings. The van der Waals surface area contributed by atoms with Crippen molar-refractivity contribution in [2.75, 3.05) is 32.6 Å². The van der Waals surface area contributed by atoms with E-state index in [1.807, 2.05) is 31.1 Å². The van der Waals surface area contributed by atoms with E-state index >= 15 is 0 Å². The van der Waals surface area contributed by atoms with Gasteiger partial charge in [0, 0.05) is 17.4 Å². The first-order chi connectivity index (χ1) is 10.8. The molecular weight excluding hydrogens is 361 g/mol. The summed E-state index contributed by atoms with van der Waals surface area (Å²) in [6, 6.07) is 7.25. The number of esters is 1. The largest absolute Gasteiger partial charge is 0.488 e. The van der Waals surface area contributed by atoms with E-state index in [-0.39, 0.29) is 5.97 Å². The van der Waals surface area contributed by atoms with Gasteiger partial charge in [-0.3, -0.25) is 0 Å². The van der Waals surface area contributed by atoms with Gasteiger partial charge in [-0.2, -0.15) is 0 Å². The average molecular weight is 386 g/mol. The Bertz CT molecular complexity index is 477. The first-order valence-electron chi connectivity index (χ1n) is 7.26. The SMILES string of the molecule is C=C(C)C(=O)OCCN(C)C.OB(O)c1ccc(CCBr)cc1. The normalized spacial score (nSPS) is 9.87. The van der Waals surface area contributed by atoms with E-state index < -0.39 is 7.12 Å². The van der Waals surface area contributed by atoms with Crippen LogP contribution in [0, 0.1) is 0 Å². The molecule has 0 amide bonds. The molecule has 0 spiro atoms. The number of rotatable bonds is 7. The number of hydrogen-bond donors (Lipinski definition) is 2. The molecule has 0 saturated carbocycles. The first-order valence-corrected chi connectivity index (χ1v) is 8.38. The van der Waals surface area contributed by atoms with Gasteiger partial charge in [0.1, 0.15) is 6.61 Å². The van der Waals surface area contributed by atoms with Crippen molar-refractivity contribution in [2.24, 2.45) is 0 Å². The number of alkyl halides is 1. The maximum atomic E-state index is 10.8. The number of ether oxygens (including phenoxy) is 1. The molecular formula is C16H25BBrNO4. The second-order valence-electron chi connectivity index (χ2n) is 5.27. The Hall–Kier alpha value is -1.15. The molecule has 0 unspecified atom stereocenters. The standard InChI is InChI=1S/C8H10BBrO2.C8H15NO2/c10-6-5-7-1-3-8(4-2-7)9(11)12;1-7(2)8(10)11-6-5-9(3)4/h1-4,11-12H,5-6H2;1,5-6H2,2-4H3. The highest BCUT2D eigenvalue weighted by molar-refractivity contribution is 9.09. The zero-order valence-electron chi connectivity index (χ0n) is 14.0. The van der Waals surface area contributed by atoms with Gasteiger partial charge < -0.3 is 19.7 Å². The monoisotopic (exact) mass is 385 g/mol. The number of aryl methyl sites for hydroxylation is 1. The number of benzene rings is 1. The third-order valence-electron chi connectivity index (χ3n) is 2.78. The van der Waals surface area contributed by atoms with Gasteiger partial charge in [-0.25, -0.2) is 4.79 Å². The zero-order valence-corrected chi connectivity index (χ0v) is 15.5. The van der Waals surface area contributed by atoms with E-state index in [1.165, 1.54) is 5.56 Å². The summed E-state index contributed by atoms with van der Waals surface area (Å²) >= 11 is 3.33. The van der Waals surface area contributed by atoms with Crippen LogP contribution in [0.5, 0.6) is 0 Å². The summed E-state index contributed by atoms with van der Waals surface area (Å²) in [6.45, 7) is 6.28. The minimum Gasteiger partial charge on any atom is -0.461 e. The second kappa shape index (κ2) is 12.3. The summed E-state index contributed by atoms with van der Waals surface area (Å²) in [5, 5.41) is 18.5. The lowest BCUT2D eigenvalue weighted by Gasteiger charge is -2.09. The summed E-state index contributed by atoms with van der Waals surface area (Å²) in [4.78, 5) is 12.7. The number of carbonyl (C=O) groups excluding carboxylic acids is 1. The quantitative estimate of drug-likeness (QED) is 0.317. The van der Waals surface area contributed by atoms with Gasteiger partial charge in [0.15, 0.2) is 0 Å². The summed E-state index contributed by atoms with van der Waals surface area (Å²) in [5.41, 5.74) is 2.17. The molecule has 128 valence electrons. The van der Waals surface area contributed by atoms with Crippen LogP contribution >= 0.6 is 15.9 Å². The maximum absolute atomic E-state index is 10.8. The maximum Gasteiger partial charge on any atom is 0.488 e. The highest BCUT2D eigenvalue weighted by atomic mass is 79.9. The Morgan fingerprint density at radius 2 is 1.87 bits per heavy atom. The second-order valence-corrected chi connectivity index (χ2v) is 6.07. The fourth-order valence-corrected chi connectivity index (χ4v) is 1.87. The van der Waals surface area contributed by atoms with Crippen LogP contribution in [0.4, 0.5) is 0 Å². The number of likely N-dealkylation sites (N-methyl/N-ethyl adjacent to an activating group) is 1. The number of halogens is 1. The lowest BCUT2D eigenvalue weighted by atomic mass is 9.80. The van der Waals surface area contributed by atoms with Crippen molar-refractivity contribution in [2.45, 2.75) is 13.3 Å². The average Bonchev–Trinajstić information content (AvgIpc) is 2.48. The molecule has 0 saturated heterocycles. The fourth-order valence-electron chi connectivity index (χ4n) is 1.41. The summed E-state index contributed by atoms with van der Waals surface area (Å²) in [5.74, 6) is -0.313. The van der Waals surface area contributed by atoms with E-state index in [1.54, 1.807) is 19.1 Å². The fraction of sp³-hybridized carbons (Fsp3) is 0.438. The molecule has 0 aliphatic carbocycles. The van der Waals surface area contributed by atoms with Crippen LogP contribution in [0.15, 0.2) is 36.4 Å². The molecule has 0 bridgehead atoms. The zero-order chi connectivity index (χ0) is 17.8. The lowest BCUT2D eigenvalue weighted by molar-refractivity contribution is -0.139. The van der Waals surface area contributed by atoms with E-state index in [9.17, 15) is 4.79 Å². The van der Waals surface area contributed by atoms with Gasteiger partial charge in [0.05, 0.1) is 0 Å². The van der Waals surface area contributed by atoms with Crippen molar-refractivity contribution in [1.29, 1.82) is 0 Å². The Labute approximate surface area is 147 Å². The Balaban J connectivity index is 0.000000423. The lowest BCUT2D eigenvalue weighted by Crippen LogP contribution is -2.29. The van der Waals surface area contributed by atoms with Gasteiger partial charge in [-0.05, 0) is 38.5 Å². The molecule has 23 heavy (non-hydrogen) atoms. The van der Waals surface area contributed by atoms with Crippen molar-refractivity contribution in [1.82, 2.24) is 4.90 Å². The van der Waals surface area contributed by atoms with E-state index in [0.29, 0.717) is 17.6 Å². The van der Waals surface area contributed by atoms with E-state index in [2.05, 4.69) is 22.5 Å². The molecule has 5 nitrogen and oxygen atoms in total. The smallest absolute Gasteiger partial charge is 0.461 e. The topological polar surface area (TPSA) is 70.0 Å². The summed E-state index contributed by atoms with van der Waals surface area (Å²) in [6.07, 6.45) is 0.960. The Morgan fingerprint density at radius 3 is 2.26 bits per heavy atom. The molecule has 2 N–H and O–H groups in total. The van der Waals surface area contributed by atoms with Gasteiger partial charge in [-0.15, -0.1) is 0 Å². The van der Waals surface area contributed by atoms with Gasteiger partial charge in [0.2, 0.25) is 0 Å². The van der Waals surface area contributed by atoms with Crippen molar-refractivity contribution in [3.63, 3.8) is 0 Å². The van der Waals surface area contributed by atoms with Crippen LogP contribution in [0.1, 0.15) is 12.5 Å². The highest BCUT2D eigenvalue weighted by Gasteiger charge is 2.09. The van der Waals surface area contributed by atoms with Gasteiger partial charge >= 0.3 is 13.1 Å². The van der Waals surface area contributed by atoms with Crippen LogP contribution in [-0.4, -0.2) is 60.6 Å². The van der Waals surface area contributed by atoms with Gasteiger partial charge in [0.25, 0.3) is 0 Å². The predicted octanol–water partition coefficient (Wildman–Crippen LogP) is 0.971. The van der Waals surface area contributed by atoms with Crippen molar-refractivity contribution in [3.05, 3.63) is 42.0 Å². The summed E-state index contributed by atoms with van der Waals surface area (Å²) < 4.78 is 4.83. The number of nitrogens with zero attached hydrogens (tertiary/aromatic N) is 1. The van der Waals surface area contributed by atoms with Crippen LogP contribution in [0.2, 0.25) is 0 Å². The molecule has 1 aromatic carbocycles. The Morgan fingerprint density at radius 1 is 1.30 bits per heavy atom. The van der Waals surface area contributed by atoms with Crippen molar-refractivity contribution in [3.8, 4) is 0 Å². The number of hydrogen-bond acceptors (Lipinski definition) is 5. The molecule has 0 radical (unpaired) electrons.